The average Bonchev–Trinajstić information content (AvgIpc) is 3.53. The highest BCUT2D eigenvalue weighted by atomic mass is 32.1. The van der Waals surface area contributed by atoms with Crippen LogP contribution in [-0.2, 0) is 17.9 Å². The Labute approximate surface area is 227 Å². The first-order valence-electron chi connectivity index (χ1n) is 12.3. The molecule has 198 valence electrons. The molecule has 5 rings (SSSR count). The van der Waals surface area contributed by atoms with Crippen molar-refractivity contribution in [2.24, 2.45) is 0 Å². The van der Waals surface area contributed by atoms with E-state index in [9.17, 15) is 19.1 Å². The molecular formula is C28H25FN6O3S. The number of imidazole rings is 1. The van der Waals surface area contributed by atoms with Crippen LogP contribution in [-0.4, -0.2) is 36.4 Å². The summed E-state index contributed by atoms with van der Waals surface area (Å²) in [6.07, 6.45) is 2.56. The number of aryl methyl sites for hydroxylation is 2. The van der Waals surface area contributed by atoms with Crippen LogP contribution in [0.5, 0.6) is 5.75 Å². The number of aromatic hydroxyl groups is 1. The molecule has 2 aromatic carbocycles. The molecular weight excluding hydrogens is 519 g/mol. The third-order valence-electron chi connectivity index (χ3n) is 6.14. The van der Waals surface area contributed by atoms with Gasteiger partial charge in [-0.15, -0.1) is 11.3 Å². The van der Waals surface area contributed by atoms with E-state index in [1.807, 2.05) is 41.1 Å². The van der Waals surface area contributed by atoms with E-state index in [4.69, 9.17) is 0 Å². The van der Waals surface area contributed by atoms with Crippen LogP contribution in [0.3, 0.4) is 0 Å². The van der Waals surface area contributed by atoms with E-state index in [2.05, 4.69) is 25.6 Å². The lowest BCUT2D eigenvalue weighted by Gasteiger charge is -2.09. The number of carbonyl (C=O) groups excluding carboxylic acids is 2. The Hall–Kier alpha value is -4.64. The fourth-order valence-corrected chi connectivity index (χ4v) is 4.85. The number of hydrogen-bond donors (Lipinski definition) is 3. The van der Waals surface area contributed by atoms with Crippen LogP contribution in [0, 0.1) is 12.7 Å². The lowest BCUT2D eigenvalue weighted by Crippen LogP contribution is -2.22. The summed E-state index contributed by atoms with van der Waals surface area (Å²) in [5.41, 5.74) is 4.03. The topological polar surface area (TPSA) is 122 Å². The number of phenols is 1. The number of hydrogen-bond acceptors (Lipinski definition) is 7. The first-order valence-corrected chi connectivity index (χ1v) is 13.1. The third kappa shape index (κ3) is 6.10. The van der Waals surface area contributed by atoms with Crippen molar-refractivity contribution in [1.29, 1.82) is 0 Å². The molecule has 9 nitrogen and oxygen atoms in total. The van der Waals surface area contributed by atoms with Crippen molar-refractivity contribution in [3.63, 3.8) is 0 Å². The summed E-state index contributed by atoms with van der Waals surface area (Å²) in [6, 6.07) is 14.9. The Morgan fingerprint density at radius 2 is 1.95 bits per heavy atom. The highest BCUT2D eigenvalue weighted by molar-refractivity contribution is 7.14. The van der Waals surface area contributed by atoms with Gasteiger partial charge in [-0.1, -0.05) is 12.1 Å². The van der Waals surface area contributed by atoms with Crippen molar-refractivity contribution < 1.29 is 19.1 Å². The summed E-state index contributed by atoms with van der Waals surface area (Å²) < 4.78 is 15.5. The van der Waals surface area contributed by atoms with Crippen molar-refractivity contribution >= 4 is 39.3 Å². The molecule has 3 heterocycles. The Bertz CT molecular complexity index is 1650. The van der Waals surface area contributed by atoms with Crippen molar-refractivity contribution in [2.75, 3.05) is 5.32 Å². The molecule has 0 saturated heterocycles. The first-order chi connectivity index (χ1) is 18.9. The highest BCUT2D eigenvalue weighted by Crippen LogP contribution is 2.24. The fraction of sp³-hybridized carbons (Fsp3) is 0.179. The molecule has 2 amide bonds. The predicted molar refractivity (Wildman–Crippen MR) is 147 cm³/mol. The van der Waals surface area contributed by atoms with Gasteiger partial charge in [-0.3, -0.25) is 19.9 Å². The minimum absolute atomic E-state index is 0.155. The smallest absolute Gasteiger partial charge is 0.257 e. The zero-order valence-corrected chi connectivity index (χ0v) is 21.8. The zero-order valence-electron chi connectivity index (χ0n) is 21.0. The largest absolute Gasteiger partial charge is 0.505 e. The molecule has 0 aliphatic carbocycles. The maximum atomic E-state index is 13.5. The summed E-state index contributed by atoms with van der Waals surface area (Å²) in [6.45, 7) is 2.64. The lowest BCUT2D eigenvalue weighted by atomic mass is 10.2. The molecule has 11 heteroatoms. The van der Waals surface area contributed by atoms with Gasteiger partial charge in [-0.05, 0) is 61.4 Å². The van der Waals surface area contributed by atoms with Crippen LogP contribution < -0.4 is 10.6 Å². The first kappa shape index (κ1) is 26.0. The van der Waals surface area contributed by atoms with Crippen molar-refractivity contribution in [2.45, 2.75) is 32.9 Å². The molecule has 0 aliphatic heterocycles. The van der Waals surface area contributed by atoms with Crippen molar-refractivity contribution in [3.8, 4) is 17.1 Å². The van der Waals surface area contributed by atoms with Gasteiger partial charge in [0.05, 0.1) is 16.7 Å². The number of halogens is 1. The zero-order chi connectivity index (χ0) is 27.4. The Kier molecular flexibility index (Phi) is 7.60. The van der Waals surface area contributed by atoms with Gasteiger partial charge in [0, 0.05) is 36.7 Å². The predicted octanol–water partition coefficient (Wildman–Crippen LogP) is 5.06. The van der Waals surface area contributed by atoms with Gasteiger partial charge >= 0.3 is 0 Å². The number of carbonyl (C=O) groups is 2. The molecule has 5 aromatic rings. The van der Waals surface area contributed by atoms with E-state index in [1.54, 1.807) is 24.4 Å². The number of phenolic OH excluding ortho intramolecular Hbond substituents is 1. The number of nitrogens with one attached hydrogen (secondary N) is 2. The SMILES string of the molecule is Cc1nc2cc(C(=O)Nc3nc(-c4ccccn4)cs3)ccc2n1CCCC(=O)NCc1ccc(O)c(F)c1. The van der Waals surface area contributed by atoms with Gasteiger partial charge in [0.15, 0.2) is 16.7 Å². The maximum Gasteiger partial charge on any atom is 0.257 e. The molecule has 3 N–H and O–H groups in total. The molecule has 0 fully saturated rings. The van der Waals surface area contributed by atoms with E-state index in [-0.39, 0.29) is 24.8 Å². The number of aromatic nitrogens is 4. The van der Waals surface area contributed by atoms with Crippen molar-refractivity contribution in [3.05, 3.63) is 88.9 Å². The van der Waals surface area contributed by atoms with Crippen LogP contribution in [0.2, 0.25) is 0 Å². The van der Waals surface area contributed by atoms with Crippen LogP contribution in [0.25, 0.3) is 22.4 Å². The molecule has 39 heavy (non-hydrogen) atoms. The van der Waals surface area contributed by atoms with Gasteiger partial charge in [0.2, 0.25) is 5.91 Å². The molecule has 0 aliphatic rings. The van der Waals surface area contributed by atoms with E-state index >= 15 is 0 Å². The van der Waals surface area contributed by atoms with Gasteiger partial charge in [-0.25, -0.2) is 14.4 Å². The minimum Gasteiger partial charge on any atom is -0.505 e. The monoisotopic (exact) mass is 544 g/mol. The number of rotatable bonds is 9. The number of nitrogens with zero attached hydrogens (tertiary/aromatic N) is 4. The van der Waals surface area contributed by atoms with Gasteiger partial charge < -0.3 is 15.0 Å². The summed E-state index contributed by atoms with van der Waals surface area (Å²) in [5.74, 6) is -0.796. The fourth-order valence-electron chi connectivity index (χ4n) is 4.15. The van der Waals surface area contributed by atoms with E-state index in [1.165, 1.54) is 23.5 Å². The number of pyridine rings is 1. The molecule has 0 atom stereocenters. The summed E-state index contributed by atoms with van der Waals surface area (Å²) in [5, 5.41) is 17.2. The standard InChI is InChI=1S/C28H25FN6O3S/c1-17-32-22-14-19(27(38)34-28-33-23(16-39-28)21-5-2-3-11-30-21)8-9-24(22)35(17)12-4-6-26(37)31-15-18-7-10-25(36)20(29)13-18/h2-3,5,7-11,13-14,16,36H,4,6,12,15H2,1H3,(H,31,37)(H,33,34,38). The minimum atomic E-state index is -0.720. The molecule has 0 saturated carbocycles. The number of thiazole rings is 1. The van der Waals surface area contributed by atoms with E-state index < -0.39 is 11.6 Å². The second kappa shape index (κ2) is 11.4. The number of amides is 2. The number of anilines is 1. The van der Waals surface area contributed by atoms with E-state index in [0.717, 1.165) is 17.0 Å². The summed E-state index contributed by atoms with van der Waals surface area (Å²) in [4.78, 5) is 38.5. The maximum absolute atomic E-state index is 13.5. The van der Waals surface area contributed by atoms with Crippen LogP contribution in [0.1, 0.15) is 34.6 Å². The molecule has 0 bridgehead atoms. The second-order valence-corrected chi connectivity index (χ2v) is 9.75. The number of benzene rings is 2. The normalized spacial score (nSPS) is 11.0. The van der Waals surface area contributed by atoms with Crippen LogP contribution in [0.15, 0.2) is 66.2 Å². The van der Waals surface area contributed by atoms with Crippen LogP contribution >= 0.6 is 11.3 Å². The molecule has 0 radical (unpaired) electrons. The molecule has 3 aromatic heterocycles. The quantitative estimate of drug-likeness (QED) is 0.239. The van der Waals surface area contributed by atoms with Gasteiger partial charge in [-0.2, -0.15) is 0 Å². The van der Waals surface area contributed by atoms with Gasteiger partial charge in [0.1, 0.15) is 11.5 Å². The Balaban J connectivity index is 1.17. The highest BCUT2D eigenvalue weighted by Gasteiger charge is 2.14. The van der Waals surface area contributed by atoms with Crippen LogP contribution in [0.4, 0.5) is 9.52 Å². The Morgan fingerprint density at radius 3 is 2.74 bits per heavy atom. The van der Waals surface area contributed by atoms with Gasteiger partial charge in [0.25, 0.3) is 5.91 Å². The second-order valence-electron chi connectivity index (χ2n) is 8.89. The van der Waals surface area contributed by atoms with E-state index in [0.29, 0.717) is 40.4 Å². The van der Waals surface area contributed by atoms with Crippen molar-refractivity contribution in [1.82, 2.24) is 24.8 Å². The Morgan fingerprint density at radius 1 is 1.08 bits per heavy atom. The molecule has 0 spiro atoms. The molecule has 0 unspecified atom stereocenters. The summed E-state index contributed by atoms with van der Waals surface area (Å²) in [7, 11) is 0. The lowest BCUT2D eigenvalue weighted by molar-refractivity contribution is -0.121. The average molecular weight is 545 g/mol. The number of fused-ring (bicyclic) bond motifs is 1. The third-order valence-corrected chi connectivity index (χ3v) is 6.90. The summed E-state index contributed by atoms with van der Waals surface area (Å²) >= 11 is 1.33.